The van der Waals surface area contributed by atoms with Crippen molar-refractivity contribution >= 4 is 38.3 Å². The maximum Gasteiger partial charge on any atom is 0.230 e. The first-order valence-electron chi connectivity index (χ1n) is 9.25. The molecule has 146 valence electrons. The van der Waals surface area contributed by atoms with Gasteiger partial charge in [-0.3, -0.25) is 4.79 Å². The molecule has 0 aliphatic rings. The van der Waals surface area contributed by atoms with Gasteiger partial charge in [0.15, 0.2) is 5.13 Å². The van der Waals surface area contributed by atoms with Crippen LogP contribution in [0.1, 0.15) is 43.0 Å². The van der Waals surface area contributed by atoms with Crippen LogP contribution in [0.5, 0.6) is 0 Å². The summed E-state index contributed by atoms with van der Waals surface area (Å²) in [6.45, 7) is 10.8. The van der Waals surface area contributed by atoms with E-state index in [1.165, 1.54) is 16.9 Å². The molecule has 1 N–H and O–H groups in total. The largest absolute Gasteiger partial charge is 0.302 e. The number of aromatic nitrogens is 1. The molecule has 1 aromatic heterocycles. The predicted molar refractivity (Wildman–Crippen MR) is 122 cm³/mol. The molecule has 0 unspecified atom stereocenters. The molecule has 3 aromatic rings. The summed E-state index contributed by atoms with van der Waals surface area (Å²) in [5.74, 6) is -0.0357. The van der Waals surface area contributed by atoms with E-state index in [9.17, 15) is 4.79 Å². The Morgan fingerprint density at radius 1 is 1.11 bits per heavy atom. The molecule has 0 aliphatic heterocycles. The molecule has 0 radical (unpaired) electrons. The first-order valence-corrected chi connectivity index (χ1v) is 10.9. The Balaban J connectivity index is 1.72. The van der Waals surface area contributed by atoms with E-state index >= 15 is 0 Å². The number of halogens is 1. The third-order valence-electron chi connectivity index (χ3n) is 4.79. The molecule has 0 spiro atoms. The van der Waals surface area contributed by atoms with E-state index in [0.717, 1.165) is 32.4 Å². The van der Waals surface area contributed by atoms with E-state index in [4.69, 9.17) is 0 Å². The highest BCUT2D eigenvalue weighted by molar-refractivity contribution is 9.10. The molecule has 0 atom stereocenters. The molecule has 3 rings (SSSR count). The number of aryl methyl sites for hydroxylation is 2. The van der Waals surface area contributed by atoms with Crippen molar-refractivity contribution in [1.29, 1.82) is 0 Å². The van der Waals surface area contributed by atoms with Crippen LogP contribution >= 0.6 is 27.3 Å². The molecular weight excluding hydrogens is 432 g/mol. The van der Waals surface area contributed by atoms with Gasteiger partial charge < -0.3 is 5.32 Å². The smallest absolute Gasteiger partial charge is 0.230 e. The molecular formula is C23H25BrN2OS. The Morgan fingerprint density at radius 3 is 2.29 bits per heavy atom. The van der Waals surface area contributed by atoms with Gasteiger partial charge in [0.25, 0.3) is 0 Å². The van der Waals surface area contributed by atoms with Gasteiger partial charge in [-0.05, 0) is 53.6 Å². The van der Waals surface area contributed by atoms with Crippen molar-refractivity contribution in [3.63, 3.8) is 0 Å². The Kier molecular flexibility index (Phi) is 6.06. The topological polar surface area (TPSA) is 42.0 Å². The molecule has 28 heavy (non-hydrogen) atoms. The van der Waals surface area contributed by atoms with Gasteiger partial charge in [0.05, 0.1) is 12.1 Å². The number of nitrogens with one attached hydrogen (secondary N) is 1. The number of carbonyl (C=O) groups excluding carboxylic acids is 1. The molecule has 0 saturated carbocycles. The van der Waals surface area contributed by atoms with E-state index in [0.29, 0.717) is 11.6 Å². The van der Waals surface area contributed by atoms with Crippen LogP contribution < -0.4 is 5.32 Å². The summed E-state index contributed by atoms with van der Waals surface area (Å²) in [5, 5.41) is 5.55. The summed E-state index contributed by atoms with van der Waals surface area (Å²) in [6, 6.07) is 12.4. The summed E-state index contributed by atoms with van der Waals surface area (Å²) < 4.78 is 1.03. The lowest BCUT2D eigenvalue weighted by atomic mass is 9.83. The van der Waals surface area contributed by atoms with E-state index in [-0.39, 0.29) is 11.3 Å². The van der Waals surface area contributed by atoms with Gasteiger partial charge in [-0.15, -0.1) is 11.3 Å². The average Bonchev–Trinajstić information content (AvgIpc) is 3.06. The highest BCUT2D eigenvalue weighted by atomic mass is 79.9. The molecule has 0 bridgehead atoms. The van der Waals surface area contributed by atoms with Crippen molar-refractivity contribution < 1.29 is 4.79 Å². The monoisotopic (exact) mass is 456 g/mol. The van der Waals surface area contributed by atoms with Crippen LogP contribution in [0.3, 0.4) is 0 Å². The number of hydrogen-bond acceptors (Lipinski definition) is 3. The molecule has 3 nitrogen and oxygen atoms in total. The Labute approximate surface area is 179 Å². The molecule has 2 aromatic carbocycles. The Bertz CT molecular complexity index is 977. The van der Waals surface area contributed by atoms with Crippen molar-refractivity contribution in [1.82, 2.24) is 4.98 Å². The average molecular weight is 457 g/mol. The zero-order valence-electron chi connectivity index (χ0n) is 16.9. The summed E-state index contributed by atoms with van der Waals surface area (Å²) in [6.07, 6.45) is 0.356. The number of thiazole rings is 1. The minimum absolute atomic E-state index is 0.0357. The van der Waals surface area contributed by atoms with Crippen LogP contribution in [0.4, 0.5) is 5.13 Å². The lowest BCUT2D eigenvalue weighted by Crippen LogP contribution is -2.17. The molecule has 0 aliphatic carbocycles. The van der Waals surface area contributed by atoms with Crippen molar-refractivity contribution in [3.05, 3.63) is 68.5 Å². The van der Waals surface area contributed by atoms with Gasteiger partial charge in [-0.2, -0.15) is 0 Å². The van der Waals surface area contributed by atoms with Gasteiger partial charge in [0.2, 0.25) is 5.91 Å². The fourth-order valence-electron chi connectivity index (χ4n) is 3.11. The minimum Gasteiger partial charge on any atom is -0.302 e. The fourth-order valence-corrected chi connectivity index (χ4v) is 4.11. The summed E-state index contributed by atoms with van der Waals surface area (Å²) in [7, 11) is 0. The van der Waals surface area contributed by atoms with Gasteiger partial charge in [-0.25, -0.2) is 4.98 Å². The quantitative estimate of drug-likeness (QED) is 0.476. The first-order chi connectivity index (χ1) is 13.1. The summed E-state index contributed by atoms with van der Waals surface area (Å²) in [5.41, 5.74) is 6.71. The van der Waals surface area contributed by atoms with E-state index in [1.807, 2.05) is 29.6 Å². The third-order valence-corrected chi connectivity index (χ3v) is 6.08. The number of benzene rings is 2. The van der Waals surface area contributed by atoms with Crippen LogP contribution in [0.25, 0.3) is 11.3 Å². The van der Waals surface area contributed by atoms with Crippen LogP contribution in [-0.2, 0) is 16.6 Å². The van der Waals surface area contributed by atoms with Crippen molar-refractivity contribution in [2.24, 2.45) is 0 Å². The van der Waals surface area contributed by atoms with Gasteiger partial charge in [0, 0.05) is 15.4 Å². The summed E-state index contributed by atoms with van der Waals surface area (Å²) in [4.78, 5) is 17.2. The molecule has 5 heteroatoms. The molecule has 1 heterocycles. The normalized spacial score (nSPS) is 11.5. The fraction of sp³-hybridized carbons (Fsp3) is 0.304. The maximum absolute atomic E-state index is 12.6. The Hall–Kier alpha value is -1.98. The standard InChI is InChI=1S/C23H25BrN2OS/c1-14-10-17(23(3,4)5)11-15(2)19(14)12-21(27)26-22-25-20(13-28-22)16-6-8-18(24)9-7-16/h6-11,13H,12H2,1-5H3,(H,25,26,27). The van der Waals surface area contributed by atoms with Crippen molar-refractivity contribution in [2.75, 3.05) is 5.32 Å². The number of carbonyl (C=O) groups is 1. The van der Waals surface area contributed by atoms with Crippen molar-refractivity contribution in [3.8, 4) is 11.3 Å². The van der Waals surface area contributed by atoms with Crippen LogP contribution in [0, 0.1) is 13.8 Å². The highest BCUT2D eigenvalue weighted by Gasteiger charge is 2.18. The number of nitrogens with zero attached hydrogens (tertiary/aromatic N) is 1. The molecule has 0 fully saturated rings. The molecule has 0 saturated heterocycles. The molecule has 1 amide bonds. The Morgan fingerprint density at radius 2 is 1.71 bits per heavy atom. The van der Waals surface area contributed by atoms with E-state index < -0.39 is 0 Å². The van der Waals surface area contributed by atoms with Crippen LogP contribution in [-0.4, -0.2) is 10.9 Å². The summed E-state index contributed by atoms with van der Waals surface area (Å²) >= 11 is 4.89. The number of amides is 1. The highest BCUT2D eigenvalue weighted by Crippen LogP contribution is 2.28. The lowest BCUT2D eigenvalue weighted by Gasteiger charge is -2.22. The second-order valence-electron chi connectivity index (χ2n) is 8.11. The lowest BCUT2D eigenvalue weighted by molar-refractivity contribution is -0.115. The predicted octanol–water partition coefficient (Wildman–Crippen LogP) is 6.67. The first kappa shape index (κ1) is 20.7. The third kappa shape index (κ3) is 4.89. The zero-order chi connectivity index (χ0) is 20.5. The van der Waals surface area contributed by atoms with E-state index in [1.54, 1.807) is 0 Å². The van der Waals surface area contributed by atoms with Crippen molar-refractivity contribution in [2.45, 2.75) is 46.5 Å². The second-order valence-corrected chi connectivity index (χ2v) is 9.88. The maximum atomic E-state index is 12.6. The SMILES string of the molecule is Cc1cc(C(C)(C)C)cc(C)c1CC(=O)Nc1nc(-c2ccc(Br)cc2)cs1. The number of anilines is 1. The van der Waals surface area contributed by atoms with E-state index in [2.05, 4.69) is 73.0 Å². The van der Waals surface area contributed by atoms with Crippen LogP contribution in [0.15, 0.2) is 46.3 Å². The van der Waals surface area contributed by atoms with Gasteiger partial charge in [0.1, 0.15) is 0 Å². The minimum atomic E-state index is -0.0357. The second kappa shape index (κ2) is 8.18. The zero-order valence-corrected chi connectivity index (χ0v) is 19.3. The van der Waals surface area contributed by atoms with Gasteiger partial charge >= 0.3 is 0 Å². The van der Waals surface area contributed by atoms with Gasteiger partial charge in [-0.1, -0.05) is 61.0 Å². The van der Waals surface area contributed by atoms with Crippen LogP contribution in [0.2, 0.25) is 0 Å². The number of hydrogen-bond donors (Lipinski definition) is 1. The number of rotatable bonds is 4.